The van der Waals surface area contributed by atoms with E-state index in [1.54, 1.807) is 0 Å². The largest absolute Gasteiger partial charge is 0.558 e. The Kier molecular flexibility index (Phi) is 1.61. The smallest absolute Gasteiger partial charge is 0.0167 e. The summed E-state index contributed by atoms with van der Waals surface area (Å²) in [5.41, 5.74) is 0. The van der Waals surface area contributed by atoms with Gasteiger partial charge in [0.1, 0.15) is 0 Å². The van der Waals surface area contributed by atoms with Gasteiger partial charge in [-0.05, 0) is 0 Å². The molecule has 0 fully saturated rings. The summed E-state index contributed by atoms with van der Waals surface area (Å²) in [5, 5.41) is 0. The molecule has 0 unspecified atom stereocenters. The summed E-state index contributed by atoms with van der Waals surface area (Å²) in [7, 11) is -4.38. The van der Waals surface area contributed by atoms with Gasteiger partial charge in [0.15, 0.2) is 0 Å². The van der Waals surface area contributed by atoms with Gasteiger partial charge in [0.05, 0.1) is 0 Å². The highest BCUT2D eigenvalue weighted by Gasteiger charge is 2.04. The minimum absolute atomic E-state index is 4.38. The van der Waals surface area contributed by atoms with Crippen molar-refractivity contribution < 1.29 is 12.6 Å². The van der Waals surface area contributed by atoms with E-state index in [0.29, 0.717) is 0 Å². The Morgan fingerprint density at radius 2 is 1.00 bits per heavy atom. The van der Waals surface area contributed by atoms with Gasteiger partial charge in [-0.1, -0.05) is 0 Å². The maximum atomic E-state index is 9.77. The molecule has 0 aliphatic carbocycles. The molecule has 0 spiro atoms. The van der Waals surface area contributed by atoms with Gasteiger partial charge >= 0.3 is 8.85 Å². The Labute approximate surface area is 22.7 Å². The van der Waals surface area contributed by atoms with Crippen LogP contribution in [0, 0.1) is 0 Å². The van der Waals surface area contributed by atoms with Crippen LogP contribution in [0.2, 0.25) is 0 Å². The van der Waals surface area contributed by atoms with E-state index in [0.717, 1.165) is 0 Å². The molecule has 4 heteroatoms. The normalized spacial score (nSPS) is 9.00. The molecule has 0 aromatic carbocycles. The lowest BCUT2D eigenvalue weighted by atomic mass is 18.8. The molecule has 0 saturated carbocycles. The number of halogens is 3. The van der Waals surface area contributed by atoms with Crippen LogP contribution in [0.15, 0.2) is 0 Å². The summed E-state index contributed by atoms with van der Waals surface area (Å²) < 4.78 is 29.3. The number of rotatable bonds is 0. The van der Waals surface area contributed by atoms with Crippen LogP contribution in [0.3, 0.4) is 0 Å². The van der Waals surface area contributed by atoms with Gasteiger partial charge in [-0.3, -0.25) is 0 Å². The molecule has 0 atom stereocenters. The zero-order valence-electron chi connectivity index (χ0n) is 1.63. The summed E-state index contributed by atoms with van der Waals surface area (Å²) in [6.45, 7) is 0. The molecule has 26 valence electrons. The molecular weight excluding hydrogens is 88.0 g/mol. The second-order valence-electron chi connectivity index (χ2n) is 0.214. The molecule has 0 saturated heterocycles. The molecule has 0 amide bonds. The van der Waals surface area contributed by atoms with E-state index in [4.69, 9.17) is 0 Å². The first-order valence-corrected chi connectivity index (χ1v) is 1.70. The van der Waals surface area contributed by atoms with Gasteiger partial charge < -0.3 is 0 Å². The van der Waals surface area contributed by atoms with Crippen LogP contribution in [-0.4, -0.2) is 0 Å². The molecule has 0 aliphatic rings. The highest BCUT2D eigenvalue weighted by molar-refractivity contribution is 7.40. The Morgan fingerprint density at radius 1 is 1.00 bits per heavy atom. The fraction of sp³-hybridized carbons (Fsp3) is 0. The van der Waals surface area contributed by atoms with Crippen molar-refractivity contribution in [1.29, 1.82) is 0 Å². The molecular formula is HF3P+. The topological polar surface area (TPSA) is 0 Å². The minimum atomic E-state index is -4.38. The van der Waals surface area contributed by atoms with Gasteiger partial charge in [-0.25, -0.2) is 0 Å². The molecule has 0 heterocycles. The first-order valence-electron chi connectivity index (χ1n) is 0.567. The van der Waals surface area contributed by atoms with Crippen molar-refractivity contribution in [3.05, 3.63) is 0 Å². The molecule has 0 radical (unpaired) electrons. The average molecular weight is 89.0 g/mol. The standard InChI is InChI=1S/F3HP/c1-4(2)3/h4H/q+1. The maximum absolute atomic E-state index is 9.77. The molecule has 0 aromatic heterocycles. The van der Waals surface area contributed by atoms with E-state index in [1.807, 2.05) is 0 Å². The van der Waals surface area contributed by atoms with E-state index >= 15 is 0 Å². The van der Waals surface area contributed by atoms with Crippen molar-refractivity contribution in [1.82, 2.24) is 0 Å². The van der Waals surface area contributed by atoms with Crippen LogP contribution >= 0.6 is 8.85 Å². The third-order valence-electron chi connectivity index (χ3n) is 0. The van der Waals surface area contributed by atoms with Gasteiger partial charge in [-0.15, -0.1) is 0 Å². The van der Waals surface area contributed by atoms with Gasteiger partial charge in [0.2, 0.25) is 0 Å². The Bertz CT molecular complexity index is 8.00. The predicted octanol–water partition coefficient (Wildman–Crippen LogP) is 1.85. The SMILES string of the molecule is F[PH+](F)F. The minimum Gasteiger partial charge on any atom is 0.0167 e. The molecule has 0 bridgehead atoms. The zero-order chi connectivity index (χ0) is 3.58. The second-order valence-corrected chi connectivity index (χ2v) is 0.643. The van der Waals surface area contributed by atoms with E-state index in [1.165, 1.54) is 0 Å². The molecule has 0 rings (SSSR count). The van der Waals surface area contributed by atoms with Crippen molar-refractivity contribution in [2.75, 3.05) is 0 Å². The zero-order valence-corrected chi connectivity index (χ0v) is 2.63. The van der Waals surface area contributed by atoms with Crippen LogP contribution in [0.1, 0.15) is 0 Å². The van der Waals surface area contributed by atoms with Crippen LogP contribution in [-0.2, 0) is 0 Å². The third-order valence-corrected chi connectivity index (χ3v) is 0. The van der Waals surface area contributed by atoms with Crippen LogP contribution in [0.5, 0.6) is 0 Å². The lowest BCUT2D eigenvalue weighted by Crippen LogP contribution is -1.10. The number of hydrogen-bond acceptors (Lipinski definition) is 0. The quantitative estimate of drug-likeness (QED) is 0.397. The van der Waals surface area contributed by atoms with Gasteiger partial charge in [-0.2, -0.15) is 0 Å². The fourth-order valence-corrected chi connectivity index (χ4v) is 0. The summed E-state index contributed by atoms with van der Waals surface area (Å²) in [6.07, 6.45) is 0. The first kappa shape index (κ1) is 4.22. The molecule has 0 aliphatic heterocycles. The second kappa shape index (κ2) is 1.53. The van der Waals surface area contributed by atoms with Crippen molar-refractivity contribution in [2.24, 2.45) is 0 Å². The van der Waals surface area contributed by atoms with Crippen LogP contribution in [0.4, 0.5) is 12.6 Å². The van der Waals surface area contributed by atoms with Crippen molar-refractivity contribution in [3.8, 4) is 0 Å². The van der Waals surface area contributed by atoms with Gasteiger partial charge in [0, 0.05) is 12.6 Å². The van der Waals surface area contributed by atoms with Crippen molar-refractivity contribution in [2.45, 2.75) is 0 Å². The summed E-state index contributed by atoms with van der Waals surface area (Å²) >= 11 is 0. The van der Waals surface area contributed by atoms with E-state index in [9.17, 15) is 12.6 Å². The summed E-state index contributed by atoms with van der Waals surface area (Å²) in [4.78, 5) is 0. The van der Waals surface area contributed by atoms with Crippen molar-refractivity contribution in [3.63, 3.8) is 0 Å². The third kappa shape index (κ3) is 68.3. The highest BCUT2D eigenvalue weighted by Crippen LogP contribution is 2.39. The molecule has 0 nitrogen and oxygen atoms in total. The lowest BCUT2D eigenvalue weighted by Gasteiger charge is -1.46. The van der Waals surface area contributed by atoms with E-state index in [2.05, 4.69) is 0 Å². The van der Waals surface area contributed by atoms with Crippen molar-refractivity contribution >= 4 is 8.85 Å². The first-order chi connectivity index (χ1) is 1.73. The Hall–Kier alpha value is 0.220. The summed E-state index contributed by atoms with van der Waals surface area (Å²) in [6, 6.07) is 0. The Morgan fingerprint density at radius 3 is 1.00 bits per heavy atom. The van der Waals surface area contributed by atoms with Gasteiger partial charge in [0.25, 0.3) is 0 Å². The van der Waals surface area contributed by atoms with E-state index in [-0.39, 0.29) is 0 Å². The fourth-order valence-electron chi connectivity index (χ4n) is 0. The average Bonchev–Trinajstić information content (AvgIpc) is 0.811. The molecule has 4 heavy (non-hydrogen) atoms. The number of hydrogen-bond donors (Lipinski definition) is 0. The monoisotopic (exact) mass is 89.0 g/mol. The van der Waals surface area contributed by atoms with Crippen LogP contribution in [0.25, 0.3) is 0 Å². The molecule has 0 N–H and O–H groups in total. The molecule has 0 aromatic rings. The Balaban J connectivity index is 2.32. The van der Waals surface area contributed by atoms with Crippen LogP contribution < -0.4 is 0 Å². The van der Waals surface area contributed by atoms with E-state index < -0.39 is 8.85 Å². The predicted molar refractivity (Wildman–Crippen MR) is 11.6 cm³/mol. The lowest BCUT2D eigenvalue weighted by molar-refractivity contribution is 0.633. The summed E-state index contributed by atoms with van der Waals surface area (Å²) in [5.74, 6) is 0. The highest BCUT2D eigenvalue weighted by atomic mass is 31.2. The maximum Gasteiger partial charge on any atom is 0.558 e.